The van der Waals surface area contributed by atoms with Gasteiger partial charge in [0.15, 0.2) is 0 Å². The van der Waals surface area contributed by atoms with Crippen LogP contribution >= 0.6 is 23.2 Å². The molecule has 1 aliphatic heterocycles. The van der Waals surface area contributed by atoms with Crippen molar-refractivity contribution < 1.29 is 9.66 Å². The summed E-state index contributed by atoms with van der Waals surface area (Å²) in [6.45, 7) is 2.38. The van der Waals surface area contributed by atoms with Crippen LogP contribution in [0.4, 0.5) is 5.69 Å². The van der Waals surface area contributed by atoms with E-state index in [1.165, 1.54) is 0 Å². The molecular formula is C18H14Cl2N2O3. The molecule has 0 saturated heterocycles. The number of nitrogens with zero attached hydrogens (tertiary/aromatic N) is 1. The minimum absolute atomic E-state index is 0.118. The number of ether oxygens (including phenoxy) is 1. The number of hydrogen-bond acceptors (Lipinski definition) is 4. The molecule has 3 rings (SSSR count). The molecule has 7 heteroatoms. The van der Waals surface area contributed by atoms with E-state index >= 15 is 0 Å². The van der Waals surface area contributed by atoms with E-state index in [1.807, 2.05) is 13.0 Å². The third-order valence-electron chi connectivity index (χ3n) is 3.68. The molecule has 0 unspecified atom stereocenters. The third-order valence-corrected chi connectivity index (χ3v) is 4.55. The normalized spacial score (nSPS) is 15.3. The van der Waals surface area contributed by atoms with Crippen LogP contribution in [0.5, 0.6) is 5.75 Å². The maximum absolute atomic E-state index is 11.6. The Balaban J connectivity index is 2.10. The number of fused-ring (bicyclic) bond motifs is 1. The molecule has 0 fully saturated rings. The van der Waals surface area contributed by atoms with Crippen LogP contribution in [0.15, 0.2) is 59.3 Å². The molecule has 0 amide bonds. The monoisotopic (exact) mass is 376 g/mol. The van der Waals surface area contributed by atoms with Gasteiger partial charge in [-0.1, -0.05) is 53.5 Å². The molecule has 0 saturated carbocycles. The number of rotatable bonds is 5. The van der Waals surface area contributed by atoms with Crippen LogP contribution in [0.1, 0.15) is 18.1 Å². The zero-order valence-electron chi connectivity index (χ0n) is 13.3. The van der Waals surface area contributed by atoms with Gasteiger partial charge in [0.05, 0.1) is 16.6 Å². The second kappa shape index (κ2) is 7.17. The fraction of sp³-hybridized carbons (Fsp3) is 0.111. The number of hydrogen-bond donors (Lipinski definition) is 1. The molecule has 1 heterocycles. The Morgan fingerprint density at radius 3 is 2.56 bits per heavy atom. The predicted molar refractivity (Wildman–Crippen MR) is 100 cm³/mol. The largest absolute Gasteiger partial charge is 0.494 e. The van der Waals surface area contributed by atoms with Crippen LogP contribution in [0.2, 0.25) is 0 Å². The molecule has 0 spiro atoms. The molecule has 2 aromatic carbocycles. The maximum atomic E-state index is 11.6. The van der Waals surface area contributed by atoms with Crippen LogP contribution in [0.25, 0.3) is 10.7 Å². The molecule has 5 nitrogen and oxygen atoms in total. The van der Waals surface area contributed by atoms with Gasteiger partial charge in [-0.05, 0) is 30.7 Å². The molecule has 0 aliphatic carbocycles. The highest BCUT2D eigenvalue weighted by molar-refractivity contribution is 6.55. The van der Waals surface area contributed by atoms with Crippen molar-refractivity contribution in [2.24, 2.45) is 0 Å². The lowest BCUT2D eigenvalue weighted by Crippen LogP contribution is -2.18. The van der Waals surface area contributed by atoms with Crippen LogP contribution < -0.4 is 10.1 Å². The number of anilines is 1. The van der Waals surface area contributed by atoms with E-state index in [1.54, 1.807) is 42.5 Å². The first kappa shape index (κ1) is 17.3. The zero-order valence-corrected chi connectivity index (χ0v) is 14.8. The second-order valence-corrected chi connectivity index (χ2v) is 6.00. The summed E-state index contributed by atoms with van der Waals surface area (Å²) in [4.78, 5) is 11.1. The zero-order chi connectivity index (χ0) is 18.0. The molecule has 0 atom stereocenters. The van der Waals surface area contributed by atoms with Gasteiger partial charge in [-0.15, -0.1) is 0 Å². The van der Waals surface area contributed by atoms with Gasteiger partial charge in [-0.25, -0.2) is 0 Å². The van der Waals surface area contributed by atoms with Crippen molar-refractivity contribution in [1.82, 2.24) is 0 Å². The Labute approximate surface area is 154 Å². The highest BCUT2D eigenvalue weighted by Crippen LogP contribution is 2.43. The van der Waals surface area contributed by atoms with Gasteiger partial charge in [-0.2, -0.15) is 0 Å². The number of halogens is 2. The van der Waals surface area contributed by atoms with Gasteiger partial charge in [0, 0.05) is 11.3 Å². The van der Waals surface area contributed by atoms with Crippen molar-refractivity contribution in [2.75, 3.05) is 11.9 Å². The highest BCUT2D eigenvalue weighted by Gasteiger charge is 2.33. The molecule has 0 aromatic heterocycles. The first-order valence-electron chi connectivity index (χ1n) is 7.57. The second-order valence-electron chi connectivity index (χ2n) is 5.24. The van der Waals surface area contributed by atoms with E-state index in [0.29, 0.717) is 29.2 Å². The van der Waals surface area contributed by atoms with E-state index in [4.69, 9.17) is 27.9 Å². The van der Waals surface area contributed by atoms with Crippen molar-refractivity contribution in [3.8, 4) is 5.75 Å². The van der Waals surface area contributed by atoms with E-state index in [0.717, 1.165) is 5.69 Å². The lowest BCUT2D eigenvalue weighted by Gasteiger charge is -2.25. The Hall–Kier alpha value is -2.50. The molecular weight excluding hydrogens is 363 g/mol. The van der Waals surface area contributed by atoms with Crippen LogP contribution in [-0.4, -0.2) is 11.5 Å². The third kappa shape index (κ3) is 3.34. The van der Waals surface area contributed by atoms with E-state index in [-0.39, 0.29) is 15.8 Å². The van der Waals surface area contributed by atoms with E-state index < -0.39 is 4.92 Å². The van der Waals surface area contributed by atoms with Gasteiger partial charge in [0.1, 0.15) is 16.5 Å². The molecule has 25 heavy (non-hydrogen) atoms. The molecule has 0 bridgehead atoms. The molecule has 2 aromatic rings. The number of nitrogens with one attached hydrogen (secondary N) is 1. The summed E-state index contributed by atoms with van der Waals surface area (Å²) in [5.41, 5.74) is 2.11. The summed E-state index contributed by atoms with van der Waals surface area (Å²) < 4.78 is 5.45. The number of allylic oxidation sites excluding steroid dienone is 1. The average molecular weight is 377 g/mol. The van der Waals surface area contributed by atoms with Crippen molar-refractivity contribution >= 4 is 39.6 Å². The first-order valence-corrected chi connectivity index (χ1v) is 8.32. The summed E-state index contributed by atoms with van der Waals surface area (Å²) in [7, 11) is 0. The highest BCUT2D eigenvalue weighted by atomic mass is 35.5. The average Bonchev–Trinajstić information content (AvgIpc) is 2.60. The van der Waals surface area contributed by atoms with Crippen molar-refractivity contribution in [3.63, 3.8) is 0 Å². The van der Waals surface area contributed by atoms with Crippen molar-refractivity contribution in [2.45, 2.75) is 6.92 Å². The van der Waals surface area contributed by atoms with E-state index in [9.17, 15) is 10.1 Å². The summed E-state index contributed by atoms with van der Waals surface area (Å²) >= 11 is 12.6. The fourth-order valence-corrected chi connectivity index (χ4v) is 3.01. The lowest BCUT2D eigenvalue weighted by atomic mass is 9.99. The standard InChI is InChI=1S/C18H14Cl2N2O3/c1-2-25-12-8-9-14-13(10-12)17(21-14)18(22(23)24)16(20)15(19)11-6-4-3-5-7-11/h3-10,21H,2H2,1H3/b16-15-,18-17-. The molecule has 1 aliphatic rings. The minimum Gasteiger partial charge on any atom is -0.494 e. The van der Waals surface area contributed by atoms with Gasteiger partial charge in [0.25, 0.3) is 0 Å². The van der Waals surface area contributed by atoms with Gasteiger partial charge in [-0.3, -0.25) is 10.1 Å². The minimum atomic E-state index is -0.535. The number of benzene rings is 2. The Morgan fingerprint density at radius 1 is 1.20 bits per heavy atom. The summed E-state index contributed by atoms with van der Waals surface area (Å²) in [6, 6.07) is 14.2. The fourth-order valence-electron chi connectivity index (χ4n) is 2.52. The van der Waals surface area contributed by atoms with Crippen LogP contribution in [-0.2, 0) is 0 Å². The van der Waals surface area contributed by atoms with Gasteiger partial charge in [0.2, 0.25) is 0 Å². The summed E-state index contributed by atoms with van der Waals surface area (Å²) in [5.74, 6) is 0.636. The van der Waals surface area contributed by atoms with E-state index in [2.05, 4.69) is 5.32 Å². The number of nitro groups is 1. The maximum Gasteiger partial charge on any atom is 0.313 e. The smallest absolute Gasteiger partial charge is 0.313 e. The van der Waals surface area contributed by atoms with Gasteiger partial charge >= 0.3 is 5.70 Å². The van der Waals surface area contributed by atoms with Crippen molar-refractivity contribution in [3.05, 3.63) is 80.5 Å². The SMILES string of the molecule is CCOc1ccc2c(c1)/C(=C(\C(Cl)=C(\Cl)c1ccccc1)[N+](=O)[O-])N2. The Kier molecular flexibility index (Phi) is 4.97. The predicted octanol–water partition coefficient (Wildman–Crippen LogP) is 5.30. The van der Waals surface area contributed by atoms with Gasteiger partial charge < -0.3 is 10.1 Å². The summed E-state index contributed by atoms with van der Waals surface area (Å²) in [5, 5.41) is 14.6. The van der Waals surface area contributed by atoms with Crippen LogP contribution in [0, 0.1) is 10.1 Å². The molecule has 0 radical (unpaired) electrons. The Bertz CT molecular complexity index is 892. The topological polar surface area (TPSA) is 64.4 Å². The molecule has 1 N–H and O–H groups in total. The first-order chi connectivity index (χ1) is 12.0. The van der Waals surface area contributed by atoms with Crippen molar-refractivity contribution in [1.29, 1.82) is 0 Å². The van der Waals surface area contributed by atoms with Crippen LogP contribution in [0.3, 0.4) is 0 Å². The molecule has 128 valence electrons. The summed E-state index contributed by atoms with van der Waals surface area (Å²) in [6.07, 6.45) is 0. The Morgan fingerprint density at radius 2 is 1.92 bits per heavy atom. The quantitative estimate of drug-likeness (QED) is 0.567. The lowest BCUT2D eigenvalue weighted by molar-refractivity contribution is -0.418.